The number of aliphatic carboxylic acids is 2. The van der Waals surface area contributed by atoms with Crippen molar-refractivity contribution >= 4 is 17.8 Å². The van der Waals surface area contributed by atoms with E-state index in [1.807, 2.05) is 30.1 Å². The van der Waals surface area contributed by atoms with E-state index in [0.29, 0.717) is 11.7 Å². The maximum Gasteiger partial charge on any atom is 0.414 e. The van der Waals surface area contributed by atoms with Crippen molar-refractivity contribution in [1.82, 2.24) is 9.80 Å². The van der Waals surface area contributed by atoms with E-state index in [-0.39, 0.29) is 5.92 Å². The van der Waals surface area contributed by atoms with Crippen molar-refractivity contribution in [3.8, 4) is 5.75 Å². The van der Waals surface area contributed by atoms with E-state index in [9.17, 15) is 9.90 Å². The first kappa shape index (κ1) is 23.4. The summed E-state index contributed by atoms with van der Waals surface area (Å²) in [6.07, 6.45) is 4.04. The number of para-hydroxylation sites is 1. The minimum absolute atomic E-state index is 0.169. The number of rotatable bonds is 6. The van der Waals surface area contributed by atoms with Gasteiger partial charge in [-0.05, 0) is 38.4 Å². The van der Waals surface area contributed by atoms with Crippen LogP contribution in [-0.4, -0.2) is 69.6 Å². The number of phenolic OH excluding ortho intramolecular Hbond substituents is 1. The van der Waals surface area contributed by atoms with Crippen LogP contribution in [0.25, 0.3) is 0 Å². The molecule has 0 bridgehead atoms. The van der Waals surface area contributed by atoms with Gasteiger partial charge < -0.3 is 20.2 Å². The molecule has 156 valence electrons. The van der Waals surface area contributed by atoms with Crippen molar-refractivity contribution < 1.29 is 29.7 Å². The van der Waals surface area contributed by atoms with Crippen LogP contribution >= 0.6 is 0 Å². The summed E-state index contributed by atoms with van der Waals surface area (Å²) >= 11 is 0. The number of carboxylic acid groups (broad SMARTS) is 2. The van der Waals surface area contributed by atoms with Gasteiger partial charge in [0.15, 0.2) is 0 Å². The van der Waals surface area contributed by atoms with Gasteiger partial charge in [0.05, 0.1) is 0 Å². The van der Waals surface area contributed by atoms with E-state index in [2.05, 4.69) is 11.8 Å². The number of carbonyl (C=O) groups excluding carboxylic acids is 1. The highest BCUT2D eigenvalue weighted by atomic mass is 16.4. The topological polar surface area (TPSA) is 118 Å². The fourth-order valence-electron chi connectivity index (χ4n) is 3.04. The van der Waals surface area contributed by atoms with Crippen LogP contribution in [0.15, 0.2) is 24.3 Å². The number of carboxylic acids is 2. The molecule has 3 N–H and O–H groups in total. The highest BCUT2D eigenvalue weighted by molar-refractivity contribution is 6.27. The molecule has 0 unspecified atom stereocenters. The Morgan fingerprint density at radius 2 is 1.68 bits per heavy atom. The monoisotopic (exact) mass is 394 g/mol. The maximum absolute atomic E-state index is 12.4. The number of amides is 1. The van der Waals surface area contributed by atoms with Gasteiger partial charge in [0.2, 0.25) is 5.91 Å². The van der Waals surface area contributed by atoms with E-state index >= 15 is 0 Å². The Balaban J connectivity index is 0.000000568. The molecule has 1 aliphatic rings. The summed E-state index contributed by atoms with van der Waals surface area (Å²) in [5.41, 5.74) is 0.965. The summed E-state index contributed by atoms with van der Waals surface area (Å²) in [7, 11) is 1.92. The third kappa shape index (κ3) is 7.96. The number of piperidine rings is 1. The zero-order valence-electron chi connectivity index (χ0n) is 16.5. The van der Waals surface area contributed by atoms with Gasteiger partial charge in [0, 0.05) is 31.6 Å². The Labute approximate surface area is 165 Å². The van der Waals surface area contributed by atoms with Gasteiger partial charge in [0.1, 0.15) is 5.75 Å². The van der Waals surface area contributed by atoms with Gasteiger partial charge in [-0.1, -0.05) is 31.5 Å². The number of hydrogen-bond donors (Lipinski definition) is 3. The second kappa shape index (κ2) is 12.0. The molecule has 1 amide bonds. The third-order valence-corrected chi connectivity index (χ3v) is 4.73. The highest BCUT2D eigenvalue weighted by Crippen LogP contribution is 2.23. The first-order chi connectivity index (χ1) is 13.3. The van der Waals surface area contributed by atoms with Crippen molar-refractivity contribution in [3.63, 3.8) is 0 Å². The summed E-state index contributed by atoms with van der Waals surface area (Å²) in [5, 5.41) is 24.6. The maximum atomic E-state index is 12.4. The van der Waals surface area contributed by atoms with E-state index in [1.165, 1.54) is 0 Å². The molecule has 8 nitrogen and oxygen atoms in total. The molecular weight excluding hydrogens is 364 g/mol. The average Bonchev–Trinajstić information content (AvgIpc) is 2.68. The lowest BCUT2D eigenvalue weighted by Gasteiger charge is -2.33. The number of carbonyl (C=O) groups is 3. The second-order valence-corrected chi connectivity index (χ2v) is 6.90. The summed E-state index contributed by atoms with van der Waals surface area (Å²) in [4.78, 5) is 34.8. The van der Waals surface area contributed by atoms with Crippen molar-refractivity contribution in [1.29, 1.82) is 0 Å². The standard InChI is InChI=1S/C18H28N2O2.C2H2O4/c1-3-4-11-19(2)18(22)15-9-12-20(13-10-15)14-16-7-5-6-8-17(16)21;3-1(4)2(5)6/h5-8,15,21H,3-4,9-14H2,1-2H3;(H,3,4)(H,5,6). The van der Waals surface area contributed by atoms with E-state index in [1.54, 1.807) is 6.07 Å². The molecule has 0 aromatic heterocycles. The van der Waals surface area contributed by atoms with Crippen LogP contribution in [0.1, 0.15) is 38.2 Å². The number of nitrogens with zero attached hydrogens (tertiary/aromatic N) is 2. The quantitative estimate of drug-likeness (QED) is 0.632. The lowest BCUT2D eigenvalue weighted by molar-refractivity contribution is -0.159. The molecule has 0 aliphatic carbocycles. The minimum atomic E-state index is -1.82. The Morgan fingerprint density at radius 3 is 2.18 bits per heavy atom. The minimum Gasteiger partial charge on any atom is -0.508 e. The normalized spacial score (nSPS) is 14.6. The first-order valence-corrected chi connectivity index (χ1v) is 9.46. The summed E-state index contributed by atoms with van der Waals surface area (Å²) in [6.45, 7) is 5.63. The lowest BCUT2D eigenvalue weighted by Crippen LogP contribution is -2.41. The molecule has 1 fully saturated rings. The molecule has 1 aromatic rings. The molecular formula is C20H30N2O6. The van der Waals surface area contributed by atoms with Crippen LogP contribution in [0.4, 0.5) is 0 Å². The fourth-order valence-corrected chi connectivity index (χ4v) is 3.04. The molecule has 2 rings (SSSR count). The van der Waals surface area contributed by atoms with Crippen LogP contribution in [0.3, 0.4) is 0 Å². The third-order valence-electron chi connectivity index (χ3n) is 4.73. The van der Waals surface area contributed by atoms with Crippen LogP contribution < -0.4 is 0 Å². The van der Waals surface area contributed by atoms with Crippen molar-refractivity contribution in [2.75, 3.05) is 26.7 Å². The van der Waals surface area contributed by atoms with Gasteiger partial charge in [-0.25, -0.2) is 9.59 Å². The van der Waals surface area contributed by atoms with Crippen LogP contribution in [0.2, 0.25) is 0 Å². The SMILES string of the molecule is CCCCN(C)C(=O)C1CCN(Cc2ccccc2O)CC1.O=C(O)C(=O)O. The Bertz CT molecular complexity index is 644. The van der Waals surface area contributed by atoms with Crippen LogP contribution in [0, 0.1) is 5.92 Å². The number of benzene rings is 1. The van der Waals surface area contributed by atoms with Crippen molar-refractivity contribution in [2.24, 2.45) is 5.92 Å². The summed E-state index contributed by atoms with van der Waals surface area (Å²) < 4.78 is 0. The number of hydrogen-bond acceptors (Lipinski definition) is 5. The molecule has 8 heteroatoms. The molecule has 1 aliphatic heterocycles. The van der Waals surface area contributed by atoms with Gasteiger partial charge in [-0.2, -0.15) is 0 Å². The van der Waals surface area contributed by atoms with Crippen LogP contribution in [-0.2, 0) is 20.9 Å². The van der Waals surface area contributed by atoms with E-state index in [4.69, 9.17) is 19.8 Å². The number of unbranched alkanes of at least 4 members (excludes halogenated alkanes) is 1. The van der Waals surface area contributed by atoms with Gasteiger partial charge in [0.25, 0.3) is 0 Å². The number of likely N-dealkylation sites (tertiary alicyclic amines) is 1. The van der Waals surface area contributed by atoms with Crippen molar-refractivity contribution in [2.45, 2.75) is 39.2 Å². The zero-order chi connectivity index (χ0) is 21.1. The molecule has 0 spiro atoms. The van der Waals surface area contributed by atoms with Crippen molar-refractivity contribution in [3.05, 3.63) is 29.8 Å². The van der Waals surface area contributed by atoms with Crippen LogP contribution in [0.5, 0.6) is 5.75 Å². The second-order valence-electron chi connectivity index (χ2n) is 6.90. The number of phenols is 1. The number of aromatic hydroxyl groups is 1. The Hall–Kier alpha value is -2.61. The lowest BCUT2D eigenvalue weighted by atomic mass is 9.95. The summed E-state index contributed by atoms with van der Waals surface area (Å²) in [6, 6.07) is 7.49. The van der Waals surface area contributed by atoms with E-state index in [0.717, 1.165) is 57.4 Å². The van der Waals surface area contributed by atoms with Gasteiger partial charge in [-0.3, -0.25) is 9.69 Å². The molecule has 0 atom stereocenters. The Morgan fingerprint density at radius 1 is 1.11 bits per heavy atom. The molecule has 1 aromatic carbocycles. The first-order valence-electron chi connectivity index (χ1n) is 9.46. The predicted octanol–water partition coefficient (Wildman–Crippen LogP) is 2.02. The predicted molar refractivity (Wildman–Crippen MR) is 104 cm³/mol. The molecule has 1 saturated heterocycles. The van der Waals surface area contributed by atoms with Gasteiger partial charge in [-0.15, -0.1) is 0 Å². The Kier molecular flexibility index (Phi) is 10.0. The molecule has 1 heterocycles. The molecule has 28 heavy (non-hydrogen) atoms. The smallest absolute Gasteiger partial charge is 0.414 e. The van der Waals surface area contributed by atoms with E-state index < -0.39 is 11.9 Å². The van der Waals surface area contributed by atoms with Gasteiger partial charge >= 0.3 is 11.9 Å². The molecule has 0 saturated carbocycles. The fraction of sp³-hybridized carbons (Fsp3) is 0.550. The highest BCUT2D eigenvalue weighted by Gasteiger charge is 2.27. The largest absolute Gasteiger partial charge is 0.508 e. The molecule has 0 radical (unpaired) electrons. The summed E-state index contributed by atoms with van der Waals surface area (Å²) in [5.74, 6) is -2.82. The zero-order valence-corrected chi connectivity index (χ0v) is 16.5. The average molecular weight is 394 g/mol.